The van der Waals surface area contributed by atoms with E-state index in [1.807, 2.05) is 0 Å². The average Bonchev–Trinajstić information content (AvgIpc) is 2.29. The largest absolute Gasteiger partial charge is 0.478 e. The average molecular weight is 333 g/mol. The van der Waals surface area contributed by atoms with Crippen LogP contribution in [0.25, 0.3) is 0 Å². The molecule has 0 spiro atoms. The summed E-state index contributed by atoms with van der Waals surface area (Å²) in [5.41, 5.74) is -0.126. The molecule has 0 fully saturated rings. The van der Waals surface area contributed by atoms with Crippen molar-refractivity contribution in [3.05, 3.63) is 28.2 Å². The smallest absolute Gasteiger partial charge is 0.335 e. The molecule has 1 aromatic carbocycles. The van der Waals surface area contributed by atoms with Crippen LogP contribution >= 0.6 is 15.9 Å². The number of sulfonamides is 1. The number of aromatic carboxylic acids is 1. The minimum atomic E-state index is -3.83. The number of nitrogens with zero attached hydrogens (tertiary/aromatic N) is 1. The Bertz CT molecular complexity index is 607. The lowest BCUT2D eigenvalue weighted by Gasteiger charge is -2.08. The van der Waals surface area contributed by atoms with Gasteiger partial charge >= 0.3 is 5.97 Å². The van der Waals surface area contributed by atoms with Gasteiger partial charge in [-0.1, -0.05) is 0 Å². The summed E-state index contributed by atoms with van der Waals surface area (Å²) in [4.78, 5) is 10.6. The van der Waals surface area contributed by atoms with E-state index in [9.17, 15) is 13.2 Å². The number of carboxylic acid groups (broad SMARTS) is 1. The van der Waals surface area contributed by atoms with E-state index in [2.05, 4.69) is 20.7 Å². The molecule has 2 N–H and O–H groups in total. The molecule has 0 unspecified atom stereocenters. The second-order valence-electron chi connectivity index (χ2n) is 3.26. The van der Waals surface area contributed by atoms with Gasteiger partial charge in [-0.2, -0.15) is 5.26 Å². The van der Waals surface area contributed by atoms with Gasteiger partial charge in [0.25, 0.3) is 0 Å². The summed E-state index contributed by atoms with van der Waals surface area (Å²) < 4.78 is 26.2. The minimum Gasteiger partial charge on any atom is -0.478 e. The SMILES string of the molecule is N#CCCNS(=O)(=O)c1cc(C(=O)O)ccc1Br. The number of halogens is 1. The number of nitriles is 1. The van der Waals surface area contributed by atoms with E-state index in [-0.39, 0.29) is 27.9 Å². The van der Waals surface area contributed by atoms with Crippen molar-refractivity contribution in [2.24, 2.45) is 0 Å². The highest BCUT2D eigenvalue weighted by atomic mass is 79.9. The van der Waals surface area contributed by atoms with Crippen LogP contribution in [0.4, 0.5) is 0 Å². The predicted molar refractivity (Wildman–Crippen MR) is 66.5 cm³/mol. The van der Waals surface area contributed by atoms with Gasteiger partial charge in [0.15, 0.2) is 0 Å². The van der Waals surface area contributed by atoms with E-state index >= 15 is 0 Å². The molecular weight excluding hydrogens is 324 g/mol. The van der Waals surface area contributed by atoms with Crippen LogP contribution in [0.3, 0.4) is 0 Å². The molecule has 0 aliphatic rings. The van der Waals surface area contributed by atoms with Crippen LogP contribution in [0.15, 0.2) is 27.6 Å². The predicted octanol–water partition coefficient (Wildman–Crippen LogP) is 1.34. The standard InChI is InChI=1S/C10H9BrN2O4S/c11-8-3-2-7(10(14)15)6-9(8)18(16,17)13-5-1-4-12/h2-3,6,13H,1,5H2,(H,14,15). The molecule has 8 heteroatoms. The van der Waals surface area contributed by atoms with Gasteiger partial charge in [0.05, 0.1) is 16.5 Å². The minimum absolute atomic E-state index is 0.0252. The molecule has 18 heavy (non-hydrogen) atoms. The van der Waals surface area contributed by atoms with E-state index in [1.165, 1.54) is 12.1 Å². The summed E-state index contributed by atoms with van der Waals surface area (Å²) in [6.07, 6.45) is 0.0372. The van der Waals surface area contributed by atoms with Crippen molar-refractivity contribution in [1.29, 1.82) is 5.26 Å². The number of nitrogens with one attached hydrogen (secondary N) is 1. The summed E-state index contributed by atoms with van der Waals surface area (Å²) in [5, 5.41) is 17.1. The topological polar surface area (TPSA) is 107 Å². The third-order valence-corrected chi connectivity index (χ3v) is 4.45. The van der Waals surface area contributed by atoms with Crippen LogP contribution in [-0.4, -0.2) is 26.0 Å². The van der Waals surface area contributed by atoms with Crippen LogP contribution in [0.5, 0.6) is 0 Å². The van der Waals surface area contributed by atoms with Crippen molar-refractivity contribution in [2.75, 3.05) is 6.54 Å². The van der Waals surface area contributed by atoms with Gasteiger partial charge in [-0.05, 0) is 34.1 Å². The van der Waals surface area contributed by atoms with Crippen molar-refractivity contribution < 1.29 is 18.3 Å². The lowest BCUT2D eigenvalue weighted by molar-refractivity contribution is 0.0696. The highest BCUT2D eigenvalue weighted by Crippen LogP contribution is 2.23. The van der Waals surface area contributed by atoms with Gasteiger partial charge in [-0.3, -0.25) is 0 Å². The molecule has 0 amide bonds. The zero-order valence-electron chi connectivity index (χ0n) is 9.05. The molecule has 0 aromatic heterocycles. The zero-order chi connectivity index (χ0) is 13.8. The Labute approximate surface area is 112 Å². The fourth-order valence-corrected chi connectivity index (χ4v) is 3.18. The van der Waals surface area contributed by atoms with Gasteiger partial charge in [0, 0.05) is 17.4 Å². The highest BCUT2D eigenvalue weighted by molar-refractivity contribution is 9.10. The maximum absolute atomic E-state index is 11.9. The number of carboxylic acids is 1. The molecule has 0 heterocycles. The van der Waals surface area contributed by atoms with E-state index < -0.39 is 16.0 Å². The number of hydrogen-bond acceptors (Lipinski definition) is 4. The van der Waals surface area contributed by atoms with Crippen LogP contribution in [0, 0.1) is 11.3 Å². The summed E-state index contributed by atoms with van der Waals surface area (Å²) in [6.45, 7) is -0.0252. The third kappa shape index (κ3) is 3.53. The molecule has 1 rings (SSSR count). The van der Waals surface area contributed by atoms with Crippen molar-refractivity contribution in [3.8, 4) is 6.07 Å². The van der Waals surface area contributed by atoms with Gasteiger partial charge in [-0.15, -0.1) is 0 Å². The second kappa shape index (κ2) is 5.95. The summed E-state index contributed by atoms with van der Waals surface area (Å²) in [5.74, 6) is -1.21. The Balaban J connectivity index is 3.12. The van der Waals surface area contributed by atoms with E-state index in [1.54, 1.807) is 6.07 Å². The lowest BCUT2D eigenvalue weighted by Crippen LogP contribution is -2.25. The Hall–Kier alpha value is -1.43. The maximum atomic E-state index is 11.9. The highest BCUT2D eigenvalue weighted by Gasteiger charge is 2.19. The zero-order valence-corrected chi connectivity index (χ0v) is 11.5. The monoisotopic (exact) mass is 332 g/mol. The molecule has 6 nitrogen and oxygen atoms in total. The molecule has 0 radical (unpaired) electrons. The summed E-state index contributed by atoms with van der Waals surface area (Å²) >= 11 is 3.05. The first-order valence-electron chi connectivity index (χ1n) is 4.78. The second-order valence-corrected chi connectivity index (χ2v) is 5.85. The molecular formula is C10H9BrN2O4S. The normalized spacial score (nSPS) is 10.9. The van der Waals surface area contributed by atoms with Crippen molar-refractivity contribution in [2.45, 2.75) is 11.3 Å². The first-order valence-corrected chi connectivity index (χ1v) is 7.05. The molecule has 0 saturated carbocycles. The molecule has 0 saturated heterocycles. The lowest BCUT2D eigenvalue weighted by atomic mass is 10.2. The van der Waals surface area contributed by atoms with Crippen LogP contribution in [0.1, 0.15) is 16.8 Å². The van der Waals surface area contributed by atoms with Crippen molar-refractivity contribution >= 4 is 31.9 Å². The number of hydrogen-bond donors (Lipinski definition) is 2. The fraction of sp³-hybridized carbons (Fsp3) is 0.200. The summed E-state index contributed by atoms with van der Waals surface area (Å²) in [6, 6.07) is 5.50. The Morgan fingerprint density at radius 1 is 1.50 bits per heavy atom. The van der Waals surface area contributed by atoms with Gasteiger partial charge in [-0.25, -0.2) is 17.9 Å². The van der Waals surface area contributed by atoms with Gasteiger partial charge in [0.2, 0.25) is 10.0 Å². The Kier molecular flexibility index (Phi) is 4.84. The van der Waals surface area contributed by atoms with Crippen LogP contribution in [-0.2, 0) is 10.0 Å². The Morgan fingerprint density at radius 3 is 2.72 bits per heavy atom. The first kappa shape index (κ1) is 14.6. The quantitative estimate of drug-likeness (QED) is 0.791. The van der Waals surface area contributed by atoms with E-state index in [0.29, 0.717) is 0 Å². The first-order chi connectivity index (χ1) is 8.38. The maximum Gasteiger partial charge on any atom is 0.335 e. The van der Waals surface area contributed by atoms with Gasteiger partial charge in [0.1, 0.15) is 0 Å². The van der Waals surface area contributed by atoms with Crippen molar-refractivity contribution in [1.82, 2.24) is 4.72 Å². The van der Waals surface area contributed by atoms with E-state index in [4.69, 9.17) is 10.4 Å². The van der Waals surface area contributed by atoms with Crippen molar-refractivity contribution in [3.63, 3.8) is 0 Å². The molecule has 1 aromatic rings. The molecule has 0 bridgehead atoms. The molecule has 96 valence electrons. The van der Waals surface area contributed by atoms with Crippen LogP contribution < -0.4 is 4.72 Å². The number of rotatable bonds is 5. The molecule has 0 aliphatic heterocycles. The number of carbonyl (C=O) groups is 1. The van der Waals surface area contributed by atoms with Gasteiger partial charge < -0.3 is 5.11 Å². The molecule has 0 aliphatic carbocycles. The third-order valence-electron chi connectivity index (χ3n) is 2.00. The van der Waals surface area contributed by atoms with E-state index in [0.717, 1.165) is 6.07 Å². The summed E-state index contributed by atoms with van der Waals surface area (Å²) in [7, 11) is -3.83. The Morgan fingerprint density at radius 2 is 2.17 bits per heavy atom. The van der Waals surface area contributed by atoms with Crippen LogP contribution in [0.2, 0.25) is 0 Å². The molecule has 0 atom stereocenters. The number of benzene rings is 1. The fourth-order valence-electron chi connectivity index (χ4n) is 1.16.